The van der Waals surface area contributed by atoms with Crippen molar-refractivity contribution in [1.29, 1.82) is 0 Å². The monoisotopic (exact) mass is 262 g/mol. The number of carbonyl (C=O) groups excluding carboxylic acids is 1. The maximum atomic E-state index is 11.9. The van der Waals surface area contributed by atoms with Gasteiger partial charge < -0.3 is 15.7 Å². The lowest BCUT2D eigenvalue weighted by Crippen LogP contribution is -2.39. The zero-order valence-corrected chi connectivity index (χ0v) is 11.4. The Hall–Kier alpha value is -1.39. The third-order valence-corrected chi connectivity index (χ3v) is 3.64. The van der Waals surface area contributed by atoms with E-state index in [1.54, 1.807) is 0 Å². The van der Waals surface area contributed by atoms with Crippen LogP contribution in [-0.4, -0.2) is 30.6 Å². The highest BCUT2D eigenvalue weighted by molar-refractivity contribution is 5.78. The van der Waals surface area contributed by atoms with Crippen LogP contribution < -0.4 is 10.6 Å². The highest BCUT2D eigenvalue weighted by atomic mass is 16.3. The van der Waals surface area contributed by atoms with E-state index < -0.39 is 6.10 Å². The van der Waals surface area contributed by atoms with Crippen molar-refractivity contribution in [3.8, 4) is 0 Å². The highest BCUT2D eigenvalue weighted by Crippen LogP contribution is 2.14. The van der Waals surface area contributed by atoms with Crippen LogP contribution in [-0.2, 0) is 4.79 Å². The molecule has 1 saturated heterocycles. The lowest BCUT2D eigenvalue weighted by atomic mass is 9.97. The Bertz CT molecular complexity index is 411. The minimum atomic E-state index is -0.633. The Balaban J connectivity index is 1.80. The number of aryl methyl sites for hydroxylation is 1. The summed E-state index contributed by atoms with van der Waals surface area (Å²) in [7, 11) is 0. The number of hydrogen-bond donors (Lipinski definition) is 3. The van der Waals surface area contributed by atoms with E-state index in [-0.39, 0.29) is 18.4 Å². The largest absolute Gasteiger partial charge is 0.387 e. The van der Waals surface area contributed by atoms with E-state index in [1.165, 1.54) is 0 Å². The lowest BCUT2D eigenvalue weighted by Gasteiger charge is -2.22. The number of carbonyl (C=O) groups is 1. The summed E-state index contributed by atoms with van der Waals surface area (Å²) in [5, 5.41) is 16.1. The van der Waals surface area contributed by atoms with E-state index in [0.29, 0.717) is 0 Å². The number of aliphatic hydroxyl groups excluding tert-OH is 1. The number of amides is 1. The van der Waals surface area contributed by atoms with Crippen LogP contribution in [0.3, 0.4) is 0 Å². The molecule has 1 fully saturated rings. The predicted octanol–water partition coefficient (Wildman–Crippen LogP) is 1.14. The molecule has 3 N–H and O–H groups in total. The quantitative estimate of drug-likeness (QED) is 0.762. The van der Waals surface area contributed by atoms with E-state index >= 15 is 0 Å². The van der Waals surface area contributed by atoms with Crippen molar-refractivity contribution in [3.05, 3.63) is 35.4 Å². The van der Waals surface area contributed by atoms with Gasteiger partial charge in [-0.3, -0.25) is 4.79 Å². The molecular formula is C15H22N2O2. The summed E-state index contributed by atoms with van der Waals surface area (Å²) in [6.45, 7) is 4.10. The zero-order chi connectivity index (χ0) is 13.7. The van der Waals surface area contributed by atoms with Crippen LogP contribution in [0.15, 0.2) is 24.3 Å². The van der Waals surface area contributed by atoms with Gasteiger partial charge in [0, 0.05) is 12.5 Å². The fraction of sp³-hybridized carbons (Fsp3) is 0.533. The maximum Gasteiger partial charge on any atom is 0.223 e. The normalized spacial score (nSPS) is 18.0. The van der Waals surface area contributed by atoms with Crippen molar-refractivity contribution in [2.75, 3.05) is 19.6 Å². The van der Waals surface area contributed by atoms with Gasteiger partial charge in [-0.05, 0) is 38.4 Å². The fourth-order valence-corrected chi connectivity index (χ4v) is 2.33. The molecule has 1 unspecified atom stereocenters. The molecule has 0 aliphatic carbocycles. The van der Waals surface area contributed by atoms with Gasteiger partial charge >= 0.3 is 0 Å². The van der Waals surface area contributed by atoms with Crippen molar-refractivity contribution in [3.63, 3.8) is 0 Å². The molecular weight excluding hydrogens is 240 g/mol. The second kappa shape index (κ2) is 6.68. The smallest absolute Gasteiger partial charge is 0.223 e. The molecule has 0 aromatic heterocycles. The first kappa shape index (κ1) is 14.0. The number of rotatable bonds is 4. The average Bonchev–Trinajstić information content (AvgIpc) is 2.46. The molecule has 104 valence electrons. The molecule has 0 bridgehead atoms. The molecule has 1 heterocycles. The zero-order valence-electron chi connectivity index (χ0n) is 11.4. The summed E-state index contributed by atoms with van der Waals surface area (Å²) >= 11 is 0. The van der Waals surface area contributed by atoms with Crippen LogP contribution in [0.5, 0.6) is 0 Å². The summed E-state index contributed by atoms with van der Waals surface area (Å²) in [5.74, 6) is 0.152. The molecule has 1 aliphatic rings. The van der Waals surface area contributed by atoms with E-state index in [1.807, 2.05) is 31.2 Å². The molecule has 4 heteroatoms. The molecule has 19 heavy (non-hydrogen) atoms. The van der Waals surface area contributed by atoms with Gasteiger partial charge in [0.1, 0.15) is 0 Å². The van der Waals surface area contributed by atoms with Gasteiger partial charge in [0.25, 0.3) is 0 Å². The van der Waals surface area contributed by atoms with E-state index in [0.717, 1.165) is 37.1 Å². The SMILES string of the molecule is Cc1ccc(C(O)CNC(=O)C2CCNCC2)cc1. The Labute approximate surface area is 114 Å². The molecule has 2 rings (SSSR count). The van der Waals surface area contributed by atoms with Gasteiger partial charge in [-0.1, -0.05) is 29.8 Å². The minimum absolute atomic E-state index is 0.0626. The standard InChI is InChI=1S/C15H22N2O2/c1-11-2-4-12(5-3-11)14(18)10-17-15(19)13-6-8-16-9-7-13/h2-5,13-14,16,18H,6-10H2,1H3,(H,17,19). The summed E-state index contributed by atoms with van der Waals surface area (Å²) in [6.07, 6.45) is 1.13. The van der Waals surface area contributed by atoms with Gasteiger partial charge in [0.15, 0.2) is 0 Å². The van der Waals surface area contributed by atoms with Crippen LogP contribution in [0.4, 0.5) is 0 Å². The number of benzene rings is 1. The number of hydrogen-bond acceptors (Lipinski definition) is 3. The summed E-state index contributed by atoms with van der Waals surface area (Å²) in [5.41, 5.74) is 2.01. The molecule has 0 spiro atoms. The molecule has 1 aliphatic heterocycles. The van der Waals surface area contributed by atoms with Gasteiger partial charge in [-0.2, -0.15) is 0 Å². The molecule has 1 atom stereocenters. The van der Waals surface area contributed by atoms with Crippen LogP contribution in [0, 0.1) is 12.8 Å². The van der Waals surface area contributed by atoms with Crippen molar-refractivity contribution in [1.82, 2.24) is 10.6 Å². The molecule has 1 aromatic carbocycles. The number of piperidine rings is 1. The van der Waals surface area contributed by atoms with Crippen LogP contribution in [0.1, 0.15) is 30.1 Å². The lowest BCUT2D eigenvalue weighted by molar-refractivity contribution is -0.126. The second-order valence-corrected chi connectivity index (χ2v) is 5.20. The Morgan fingerprint density at radius 1 is 1.37 bits per heavy atom. The number of aliphatic hydroxyl groups is 1. The third kappa shape index (κ3) is 4.04. The Morgan fingerprint density at radius 3 is 2.63 bits per heavy atom. The molecule has 0 radical (unpaired) electrons. The van der Waals surface area contributed by atoms with E-state index in [4.69, 9.17) is 0 Å². The van der Waals surface area contributed by atoms with Crippen LogP contribution >= 0.6 is 0 Å². The molecule has 1 aromatic rings. The average molecular weight is 262 g/mol. The van der Waals surface area contributed by atoms with Crippen molar-refractivity contribution >= 4 is 5.91 Å². The summed E-state index contributed by atoms with van der Waals surface area (Å²) < 4.78 is 0. The van der Waals surface area contributed by atoms with Gasteiger partial charge in [-0.25, -0.2) is 0 Å². The van der Waals surface area contributed by atoms with Crippen molar-refractivity contribution in [2.24, 2.45) is 5.92 Å². The highest BCUT2D eigenvalue weighted by Gasteiger charge is 2.21. The van der Waals surface area contributed by atoms with Crippen LogP contribution in [0.25, 0.3) is 0 Å². The first-order valence-corrected chi connectivity index (χ1v) is 6.90. The third-order valence-electron chi connectivity index (χ3n) is 3.64. The predicted molar refractivity (Wildman–Crippen MR) is 74.7 cm³/mol. The first-order chi connectivity index (χ1) is 9.16. The van der Waals surface area contributed by atoms with Crippen LogP contribution in [0.2, 0.25) is 0 Å². The van der Waals surface area contributed by atoms with E-state index in [9.17, 15) is 9.90 Å². The fourth-order valence-electron chi connectivity index (χ4n) is 2.33. The van der Waals surface area contributed by atoms with Crippen molar-refractivity contribution < 1.29 is 9.90 Å². The minimum Gasteiger partial charge on any atom is -0.387 e. The van der Waals surface area contributed by atoms with Gasteiger partial charge in [0.05, 0.1) is 6.10 Å². The Morgan fingerprint density at radius 2 is 2.00 bits per heavy atom. The molecule has 0 saturated carbocycles. The second-order valence-electron chi connectivity index (χ2n) is 5.20. The van der Waals surface area contributed by atoms with Crippen molar-refractivity contribution in [2.45, 2.75) is 25.9 Å². The molecule has 4 nitrogen and oxygen atoms in total. The topological polar surface area (TPSA) is 61.4 Å². The number of nitrogens with one attached hydrogen (secondary N) is 2. The maximum absolute atomic E-state index is 11.9. The Kier molecular flexibility index (Phi) is 4.93. The summed E-state index contributed by atoms with van der Waals surface area (Å²) in [6, 6.07) is 7.73. The van der Waals surface area contributed by atoms with E-state index in [2.05, 4.69) is 10.6 Å². The van der Waals surface area contributed by atoms with Gasteiger partial charge in [0.2, 0.25) is 5.91 Å². The first-order valence-electron chi connectivity index (χ1n) is 6.90. The summed E-state index contributed by atoms with van der Waals surface area (Å²) in [4.78, 5) is 11.9. The molecule has 1 amide bonds. The van der Waals surface area contributed by atoms with Gasteiger partial charge in [-0.15, -0.1) is 0 Å².